The van der Waals surface area contributed by atoms with Gasteiger partial charge < -0.3 is 4.74 Å². The summed E-state index contributed by atoms with van der Waals surface area (Å²) in [4.78, 5) is 0. The van der Waals surface area contributed by atoms with E-state index in [9.17, 15) is 8.42 Å². The first-order valence-electron chi connectivity index (χ1n) is 6.11. The first-order valence-corrected chi connectivity index (χ1v) is 7.55. The van der Waals surface area contributed by atoms with E-state index in [1.807, 2.05) is 0 Å². The van der Waals surface area contributed by atoms with Crippen LogP contribution in [-0.2, 0) is 10.2 Å². The lowest BCUT2D eigenvalue weighted by molar-refractivity contribution is 0.392. The minimum absolute atomic E-state index is 0.439. The fourth-order valence-electron chi connectivity index (χ4n) is 1.53. The SMILES string of the molecule is COc1ccc(-c2ccc(NS(=O)(=O)N(C)C)cc2)nn1. The zero-order valence-electron chi connectivity index (χ0n) is 11.9. The normalized spacial score (nSPS) is 11.4. The zero-order chi connectivity index (χ0) is 15.5. The average molecular weight is 308 g/mol. The number of hydrogen-bond donors (Lipinski definition) is 1. The molecule has 0 atom stereocenters. The first kappa shape index (κ1) is 15.2. The van der Waals surface area contributed by atoms with Gasteiger partial charge in [-0.05, 0) is 18.2 Å². The summed E-state index contributed by atoms with van der Waals surface area (Å²) < 4.78 is 31.9. The van der Waals surface area contributed by atoms with Crippen molar-refractivity contribution in [1.82, 2.24) is 14.5 Å². The van der Waals surface area contributed by atoms with Crippen LogP contribution in [0.25, 0.3) is 11.3 Å². The summed E-state index contributed by atoms with van der Waals surface area (Å²) in [6.07, 6.45) is 0. The molecule has 8 heteroatoms. The summed E-state index contributed by atoms with van der Waals surface area (Å²) in [5, 5.41) is 7.92. The molecule has 7 nitrogen and oxygen atoms in total. The van der Waals surface area contributed by atoms with E-state index >= 15 is 0 Å². The second kappa shape index (κ2) is 6.06. The summed E-state index contributed by atoms with van der Waals surface area (Å²) in [6.45, 7) is 0. The first-order chi connectivity index (χ1) is 9.92. The second-order valence-corrected chi connectivity index (χ2v) is 6.31. The third kappa shape index (κ3) is 3.67. The number of benzene rings is 1. The van der Waals surface area contributed by atoms with Crippen molar-refractivity contribution < 1.29 is 13.2 Å². The van der Waals surface area contributed by atoms with Crippen LogP contribution in [0.3, 0.4) is 0 Å². The Hall–Kier alpha value is -2.19. The Morgan fingerprint density at radius 1 is 1.05 bits per heavy atom. The van der Waals surface area contributed by atoms with Gasteiger partial charge in [0.05, 0.1) is 12.8 Å². The highest BCUT2D eigenvalue weighted by atomic mass is 32.2. The van der Waals surface area contributed by atoms with E-state index in [1.54, 1.807) is 36.4 Å². The lowest BCUT2D eigenvalue weighted by Gasteiger charge is -2.13. The van der Waals surface area contributed by atoms with Gasteiger partial charge in [-0.3, -0.25) is 4.72 Å². The van der Waals surface area contributed by atoms with Crippen molar-refractivity contribution in [2.45, 2.75) is 0 Å². The molecule has 1 aromatic carbocycles. The van der Waals surface area contributed by atoms with Crippen molar-refractivity contribution in [3.8, 4) is 17.1 Å². The minimum atomic E-state index is -3.50. The Bertz CT molecular complexity index is 697. The number of nitrogens with one attached hydrogen (secondary N) is 1. The molecular weight excluding hydrogens is 292 g/mol. The molecule has 0 fully saturated rings. The van der Waals surface area contributed by atoms with Gasteiger partial charge in [-0.25, -0.2) is 0 Å². The van der Waals surface area contributed by atoms with E-state index in [1.165, 1.54) is 21.2 Å². The van der Waals surface area contributed by atoms with Gasteiger partial charge in [0.25, 0.3) is 0 Å². The van der Waals surface area contributed by atoms with Gasteiger partial charge in [0, 0.05) is 31.4 Å². The lowest BCUT2D eigenvalue weighted by Crippen LogP contribution is -2.28. The molecule has 2 aromatic rings. The van der Waals surface area contributed by atoms with Crippen LogP contribution in [0.15, 0.2) is 36.4 Å². The highest BCUT2D eigenvalue weighted by molar-refractivity contribution is 7.90. The molecule has 1 N–H and O–H groups in total. The highest BCUT2D eigenvalue weighted by Gasteiger charge is 2.12. The fourth-order valence-corrected chi connectivity index (χ4v) is 2.15. The summed E-state index contributed by atoms with van der Waals surface area (Å²) in [5.74, 6) is 0.439. The quantitative estimate of drug-likeness (QED) is 0.902. The second-order valence-electron chi connectivity index (χ2n) is 4.43. The van der Waals surface area contributed by atoms with Crippen LogP contribution < -0.4 is 9.46 Å². The van der Waals surface area contributed by atoms with Gasteiger partial charge in [-0.2, -0.15) is 12.7 Å². The maximum Gasteiger partial charge on any atom is 0.301 e. The molecule has 0 aliphatic carbocycles. The van der Waals surface area contributed by atoms with Crippen LogP contribution in [0.4, 0.5) is 5.69 Å². The predicted molar refractivity (Wildman–Crippen MR) is 80.2 cm³/mol. The standard InChI is InChI=1S/C13H16N4O3S/c1-17(2)21(18,19)16-11-6-4-10(5-7-11)12-8-9-13(20-3)15-14-12/h4-9,16H,1-3H3. The van der Waals surface area contributed by atoms with Crippen molar-refractivity contribution in [3.05, 3.63) is 36.4 Å². The van der Waals surface area contributed by atoms with Gasteiger partial charge in [-0.15, -0.1) is 10.2 Å². The molecule has 0 saturated heterocycles. The number of rotatable bonds is 5. The van der Waals surface area contributed by atoms with Crippen LogP contribution >= 0.6 is 0 Å². The number of hydrogen-bond acceptors (Lipinski definition) is 5. The van der Waals surface area contributed by atoms with Crippen molar-refractivity contribution in [1.29, 1.82) is 0 Å². The van der Waals surface area contributed by atoms with Gasteiger partial charge in [0.2, 0.25) is 5.88 Å². The van der Waals surface area contributed by atoms with Crippen LogP contribution in [0.1, 0.15) is 0 Å². The molecule has 21 heavy (non-hydrogen) atoms. The Kier molecular flexibility index (Phi) is 4.39. The molecule has 0 spiro atoms. The van der Waals surface area contributed by atoms with E-state index in [4.69, 9.17) is 4.74 Å². The highest BCUT2D eigenvalue weighted by Crippen LogP contribution is 2.20. The molecule has 1 aromatic heterocycles. The number of ether oxygens (including phenoxy) is 1. The third-order valence-corrected chi connectivity index (χ3v) is 4.21. The van der Waals surface area contributed by atoms with E-state index in [0.29, 0.717) is 17.3 Å². The van der Waals surface area contributed by atoms with Gasteiger partial charge in [0.1, 0.15) is 0 Å². The molecule has 0 saturated carbocycles. The molecule has 1 heterocycles. The average Bonchev–Trinajstić information content (AvgIpc) is 2.48. The minimum Gasteiger partial charge on any atom is -0.480 e. The monoisotopic (exact) mass is 308 g/mol. The van der Waals surface area contributed by atoms with Crippen molar-refractivity contribution >= 4 is 15.9 Å². The molecule has 112 valence electrons. The molecule has 0 unspecified atom stereocenters. The maximum absolute atomic E-state index is 11.7. The van der Waals surface area contributed by atoms with Crippen LogP contribution in [0, 0.1) is 0 Å². The largest absolute Gasteiger partial charge is 0.480 e. The third-order valence-electron chi connectivity index (χ3n) is 2.76. The number of methoxy groups -OCH3 is 1. The number of nitrogens with zero attached hydrogens (tertiary/aromatic N) is 3. The van der Waals surface area contributed by atoms with E-state index < -0.39 is 10.2 Å². The smallest absolute Gasteiger partial charge is 0.301 e. The summed E-state index contributed by atoms with van der Waals surface area (Å²) >= 11 is 0. The van der Waals surface area contributed by atoms with E-state index in [2.05, 4.69) is 14.9 Å². The van der Waals surface area contributed by atoms with Crippen LogP contribution in [0.5, 0.6) is 5.88 Å². The van der Waals surface area contributed by atoms with E-state index in [-0.39, 0.29) is 0 Å². The Morgan fingerprint density at radius 3 is 2.19 bits per heavy atom. The summed E-state index contributed by atoms with van der Waals surface area (Å²) in [6, 6.07) is 10.4. The topological polar surface area (TPSA) is 84.4 Å². The maximum atomic E-state index is 11.7. The Balaban J connectivity index is 2.18. The van der Waals surface area contributed by atoms with Crippen molar-refractivity contribution in [2.75, 3.05) is 25.9 Å². The molecule has 0 aliphatic rings. The summed E-state index contributed by atoms with van der Waals surface area (Å²) in [5.41, 5.74) is 1.99. The predicted octanol–water partition coefficient (Wildman–Crippen LogP) is 1.37. The van der Waals surface area contributed by atoms with Gasteiger partial charge in [0.15, 0.2) is 0 Å². The van der Waals surface area contributed by atoms with Crippen molar-refractivity contribution in [2.24, 2.45) is 0 Å². The van der Waals surface area contributed by atoms with Crippen LogP contribution in [0.2, 0.25) is 0 Å². The number of anilines is 1. The Labute approximate surface area is 123 Å². The van der Waals surface area contributed by atoms with Crippen molar-refractivity contribution in [3.63, 3.8) is 0 Å². The molecule has 0 amide bonds. The molecular formula is C13H16N4O3S. The molecule has 0 aliphatic heterocycles. The molecule has 0 radical (unpaired) electrons. The van der Waals surface area contributed by atoms with Gasteiger partial charge >= 0.3 is 10.2 Å². The van der Waals surface area contributed by atoms with Gasteiger partial charge in [-0.1, -0.05) is 12.1 Å². The molecule has 0 bridgehead atoms. The van der Waals surface area contributed by atoms with Crippen LogP contribution in [-0.4, -0.2) is 44.1 Å². The zero-order valence-corrected chi connectivity index (χ0v) is 12.8. The number of aromatic nitrogens is 2. The Morgan fingerprint density at radius 2 is 1.71 bits per heavy atom. The lowest BCUT2D eigenvalue weighted by atomic mass is 10.1. The summed E-state index contributed by atoms with van der Waals surface area (Å²) in [7, 11) is 0.948. The fraction of sp³-hybridized carbons (Fsp3) is 0.231. The molecule has 2 rings (SSSR count). The van der Waals surface area contributed by atoms with E-state index in [0.717, 1.165) is 9.87 Å².